The molecule has 0 aliphatic rings. The first-order chi connectivity index (χ1) is 8.33. The zero-order valence-corrected chi connectivity index (χ0v) is 9.58. The van der Waals surface area contributed by atoms with Gasteiger partial charge in [0.25, 0.3) is 0 Å². The van der Waals surface area contributed by atoms with Crippen molar-refractivity contribution in [3.63, 3.8) is 0 Å². The molecule has 0 bridgehead atoms. The van der Waals surface area contributed by atoms with Gasteiger partial charge >= 0.3 is 0 Å². The third-order valence-electron chi connectivity index (χ3n) is 3.08. The molecule has 4 aromatic rings. The molecule has 0 saturated heterocycles. The summed E-state index contributed by atoms with van der Waals surface area (Å²) in [5.41, 5.74) is 3.86. The number of hydrogen-bond donors (Lipinski definition) is 1. The Bertz CT molecular complexity index is 856. The maximum absolute atomic E-state index is 5.96. The van der Waals surface area contributed by atoms with Crippen molar-refractivity contribution >= 4 is 44.6 Å². The Morgan fingerprint density at radius 3 is 2.82 bits per heavy atom. The van der Waals surface area contributed by atoms with E-state index in [4.69, 9.17) is 16.0 Å². The fraction of sp³-hybridized carbons (Fsp3) is 0. The molecule has 0 aliphatic heterocycles. The van der Waals surface area contributed by atoms with Gasteiger partial charge in [-0.1, -0.05) is 23.7 Å². The molecular formula is C14H8ClNO. The number of para-hydroxylation sites is 1. The van der Waals surface area contributed by atoms with E-state index in [-0.39, 0.29) is 0 Å². The average Bonchev–Trinajstić information content (AvgIpc) is 2.84. The molecule has 1 N–H and O–H groups in total. The Balaban J connectivity index is 2.29. The molecule has 2 nitrogen and oxygen atoms in total. The molecule has 0 radical (unpaired) electrons. The average molecular weight is 242 g/mol. The molecule has 17 heavy (non-hydrogen) atoms. The van der Waals surface area contributed by atoms with Gasteiger partial charge in [-0.25, -0.2) is 0 Å². The second kappa shape index (κ2) is 3.05. The highest BCUT2D eigenvalue weighted by molar-refractivity contribution is 6.31. The van der Waals surface area contributed by atoms with Crippen LogP contribution in [0.15, 0.2) is 46.9 Å². The van der Waals surface area contributed by atoms with Crippen molar-refractivity contribution in [2.45, 2.75) is 0 Å². The van der Waals surface area contributed by atoms with E-state index in [1.807, 2.05) is 36.4 Å². The standard InChI is InChI=1S/C14H8ClNO/c15-8-5-6-10-12(7-8)17-14-9-3-1-2-4-11(9)16-13(10)14/h1-7,16H. The Labute approximate surface area is 102 Å². The van der Waals surface area contributed by atoms with Gasteiger partial charge in [0.05, 0.1) is 5.52 Å². The van der Waals surface area contributed by atoms with E-state index < -0.39 is 0 Å². The maximum Gasteiger partial charge on any atom is 0.160 e. The summed E-state index contributed by atoms with van der Waals surface area (Å²) in [5, 5.41) is 2.87. The summed E-state index contributed by atoms with van der Waals surface area (Å²) in [4.78, 5) is 3.38. The SMILES string of the molecule is Clc1ccc2c(c1)oc1c3ccccc3[nH]c21. The van der Waals surface area contributed by atoms with Crippen LogP contribution in [0, 0.1) is 0 Å². The van der Waals surface area contributed by atoms with Gasteiger partial charge in [0.1, 0.15) is 5.58 Å². The number of furan rings is 1. The predicted molar refractivity (Wildman–Crippen MR) is 70.6 cm³/mol. The van der Waals surface area contributed by atoms with E-state index in [0.29, 0.717) is 5.02 Å². The van der Waals surface area contributed by atoms with Gasteiger partial charge in [-0.05, 0) is 24.3 Å². The first kappa shape index (κ1) is 9.14. The molecule has 0 atom stereocenters. The lowest BCUT2D eigenvalue weighted by Crippen LogP contribution is -1.68. The minimum absolute atomic E-state index is 0.693. The second-order valence-corrected chi connectivity index (χ2v) is 4.55. The van der Waals surface area contributed by atoms with Crippen molar-refractivity contribution in [3.8, 4) is 0 Å². The zero-order valence-electron chi connectivity index (χ0n) is 8.83. The lowest BCUT2D eigenvalue weighted by molar-refractivity contribution is 0.673. The van der Waals surface area contributed by atoms with Crippen LogP contribution in [-0.4, -0.2) is 4.98 Å². The van der Waals surface area contributed by atoms with Crippen molar-refractivity contribution < 1.29 is 4.42 Å². The van der Waals surface area contributed by atoms with E-state index in [1.165, 1.54) is 0 Å². The van der Waals surface area contributed by atoms with Crippen LogP contribution in [0.2, 0.25) is 5.02 Å². The molecule has 2 aromatic heterocycles. The summed E-state index contributed by atoms with van der Waals surface area (Å²) in [6.07, 6.45) is 0. The normalized spacial score (nSPS) is 11.8. The minimum atomic E-state index is 0.693. The molecule has 0 saturated carbocycles. The summed E-state index contributed by atoms with van der Waals surface area (Å²) in [6.45, 7) is 0. The first-order valence-electron chi connectivity index (χ1n) is 5.41. The molecule has 82 valence electrons. The highest BCUT2D eigenvalue weighted by atomic mass is 35.5. The maximum atomic E-state index is 5.96. The number of aromatic amines is 1. The summed E-state index contributed by atoms with van der Waals surface area (Å²) in [5.74, 6) is 0. The van der Waals surface area contributed by atoms with Crippen molar-refractivity contribution in [1.29, 1.82) is 0 Å². The largest absolute Gasteiger partial charge is 0.454 e. The van der Waals surface area contributed by atoms with E-state index in [2.05, 4.69) is 11.1 Å². The fourth-order valence-corrected chi connectivity index (χ4v) is 2.47. The van der Waals surface area contributed by atoms with Crippen LogP contribution in [-0.2, 0) is 0 Å². The van der Waals surface area contributed by atoms with E-state index in [1.54, 1.807) is 0 Å². The lowest BCUT2D eigenvalue weighted by atomic mass is 10.2. The predicted octanol–water partition coefficient (Wildman–Crippen LogP) is 4.72. The summed E-state index contributed by atoms with van der Waals surface area (Å²) in [6, 6.07) is 13.8. The third-order valence-corrected chi connectivity index (χ3v) is 3.32. The molecule has 0 fully saturated rings. The Morgan fingerprint density at radius 2 is 1.88 bits per heavy atom. The van der Waals surface area contributed by atoms with Crippen molar-refractivity contribution in [3.05, 3.63) is 47.5 Å². The smallest absolute Gasteiger partial charge is 0.160 e. The third kappa shape index (κ3) is 1.16. The summed E-state index contributed by atoms with van der Waals surface area (Å²) >= 11 is 5.96. The van der Waals surface area contributed by atoms with Gasteiger partial charge in [-0.3, -0.25) is 0 Å². The molecule has 2 heterocycles. The minimum Gasteiger partial charge on any atom is -0.454 e. The number of hydrogen-bond acceptors (Lipinski definition) is 1. The van der Waals surface area contributed by atoms with Crippen molar-refractivity contribution in [2.24, 2.45) is 0 Å². The first-order valence-corrected chi connectivity index (χ1v) is 5.79. The number of nitrogens with one attached hydrogen (secondary N) is 1. The van der Waals surface area contributed by atoms with Crippen LogP contribution in [0.4, 0.5) is 0 Å². The molecule has 4 rings (SSSR count). The number of fused-ring (bicyclic) bond motifs is 5. The topological polar surface area (TPSA) is 28.9 Å². The molecule has 0 unspecified atom stereocenters. The van der Waals surface area contributed by atoms with E-state index >= 15 is 0 Å². The number of rotatable bonds is 0. The van der Waals surface area contributed by atoms with Gasteiger partial charge in [-0.2, -0.15) is 0 Å². The number of halogens is 1. The van der Waals surface area contributed by atoms with Gasteiger partial charge in [-0.15, -0.1) is 0 Å². The molecule has 2 aromatic carbocycles. The number of benzene rings is 2. The lowest BCUT2D eigenvalue weighted by Gasteiger charge is -1.90. The van der Waals surface area contributed by atoms with Crippen LogP contribution in [0.25, 0.3) is 33.0 Å². The van der Waals surface area contributed by atoms with Crippen LogP contribution in [0.1, 0.15) is 0 Å². The Hall–Kier alpha value is -1.93. The van der Waals surface area contributed by atoms with E-state index in [9.17, 15) is 0 Å². The number of H-pyrrole nitrogens is 1. The number of aromatic nitrogens is 1. The fourth-order valence-electron chi connectivity index (χ4n) is 2.31. The molecule has 0 aliphatic carbocycles. The van der Waals surface area contributed by atoms with Gasteiger partial charge < -0.3 is 9.40 Å². The monoisotopic (exact) mass is 241 g/mol. The van der Waals surface area contributed by atoms with Crippen LogP contribution in [0.3, 0.4) is 0 Å². The van der Waals surface area contributed by atoms with Gasteiger partial charge in [0.2, 0.25) is 0 Å². The van der Waals surface area contributed by atoms with Gasteiger partial charge in [0.15, 0.2) is 5.58 Å². The van der Waals surface area contributed by atoms with Crippen LogP contribution in [0.5, 0.6) is 0 Å². The summed E-state index contributed by atoms with van der Waals surface area (Å²) in [7, 11) is 0. The summed E-state index contributed by atoms with van der Waals surface area (Å²) < 4.78 is 5.87. The van der Waals surface area contributed by atoms with Crippen LogP contribution < -0.4 is 0 Å². The van der Waals surface area contributed by atoms with Crippen molar-refractivity contribution in [1.82, 2.24) is 4.98 Å². The molecular weight excluding hydrogens is 234 g/mol. The van der Waals surface area contributed by atoms with E-state index in [0.717, 1.165) is 33.0 Å². The molecule has 0 amide bonds. The van der Waals surface area contributed by atoms with Crippen molar-refractivity contribution in [2.75, 3.05) is 0 Å². The highest BCUT2D eigenvalue weighted by Gasteiger charge is 2.12. The second-order valence-electron chi connectivity index (χ2n) is 4.12. The van der Waals surface area contributed by atoms with Gasteiger partial charge in [0, 0.05) is 27.4 Å². The Kier molecular flexibility index (Phi) is 1.64. The zero-order chi connectivity index (χ0) is 11.4. The quantitative estimate of drug-likeness (QED) is 0.474. The molecule has 0 spiro atoms. The highest BCUT2D eigenvalue weighted by Crippen LogP contribution is 2.34. The Morgan fingerprint density at radius 1 is 1.00 bits per heavy atom. The molecule has 3 heteroatoms. The van der Waals surface area contributed by atoms with Crippen LogP contribution >= 0.6 is 11.6 Å².